The Morgan fingerprint density at radius 2 is 1.93 bits per heavy atom. The van der Waals surface area contributed by atoms with Gasteiger partial charge in [-0.1, -0.05) is 18.2 Å². The number of benzene rings is 1. The molecular formula is C12H8O3. The molecule has 0 saturated heterocycles. The van der Waals surface area contributed by atoms with Gasteiger partial charge in [-0.05, 0) is 18.2 Å². The second kappa shape index (κ2) is 2.98. The van der Waals surface area contributed by atoms with Gasteiger partial charge in [0.15, 0.2) is 6.10 Å². The van der Waals surface area contributed by atoms with Crippen LogP contribution in [0.1, 0.15) is 27.8 Å². The van der Waals surface area contributed by atoms with Crippen LogP contribution in [0.2, 0.25) is 0 Å². The highest BCUT2D eigenvalue weighted by Gasteiger charge is 2.33. The minimum absolute atomic E-state index is 0.285. The summed E-state index contributed by atoms with van der Waals surface area (Å²) < 4.78 is 10.5. The van der Waals surface area contributed by atoms with Crippen molar-refractivity contribution in [1.82, 2.24) is 0 Å². The number of rotatable bonds is 1. The first-order chi connectivity index (χ1) is 7.36. The summed E-state index contributed by atoms with van der Waals surface area (Å²) in [5.41, 5.74) is 1.50. The van der Waals surface area contributed by atoms with Crippen molar-refractivity contribution in [2.24, 2.45) is 0 Å². The molecule has 1 aliphatic rings. The van der Waals surface area contributed by atoms with Gasteiger partial charge in [0, 0.05) is 5.56 Å². The fourth-order valence-corrected chi connectivity index (χ4v) is 1.80. The maximum atomic E-state index is 11.5. The molecule has 1 aromatic heterocycles. The molecule has 0 aliphatic carbocycles. The molecule has 0 saturated carbocycles. The van der Waals surface area contributed by atoms with E-state index in [4.69, 9.17) is 9.15 Å². The summed E-state index contributed by atoms with van der Waals surface area (Å²) >= 11 is 0. The van der Waals surface area contributed by atoms with Crippen LogP contribution >= 0.6 is 0 Å². The first-order valence-electron chi connectivity index (χ1n) is 4.69. The second-order valence-corrected chi connectivity index (χ2v) is 3.39. The van der Waals surface area contributed by atoms with E-state index in [1.807, 2.05) is 18.2 Å². The van der Waals surface area contributed by atoms with Crippen molar-refractivity contribution in [2.45, 2.75) is 6.10 Å². The molecule has 3 heteroatoms. The van der Waals surface area contributed by atoms with Crippen LogP contribution in [0.25, 0.3) is 0 Å². The molecule has 3 rings (SSSR count). The van der Waals surface area contributed by atoms with Crippen LogP contribution in [-0.2, 0) is 4.74 Å². The molecule has 0 bridgehead atoms. The molecule has 74 valence electrons. The molecule has 0 amide bonds. The predicted molar refractivity (Wildman–Crippen MR) is 52.4 cm³/mol. The lowest BCUT2D eigenvalue weighted by molar-refractivity contribution is 0.0421. The lowest BCUT2D eigenvalue weighted by Gasteiger charge is -2.06. The quantitative estimate of drug-likeness (QED) is 0.664. The van der Waals surface area contributed by atoms with Crippen LogP contribution in [0.5, 0.6) is 0 Å². The number of hydrogen-bond acceptors (Lipinski definition) is 3. The maximum absolute atomic E-state index is 11.5. The molecule has 15 heavy (non-hydrogen) atoms. The summed E-state index contributed by atoms with van der Waals surface area (Å²) in [6.45, 7) is 0. The maximum Gasteiger partial charge on any atom is 0.339 e. The number of ether oxygens (including phenoxy) is 1. The zero-order valence-electron chi connectivity index (χ0n) is 7.84. The molecule has 0 radical (unpaired) electrons. The standard InChI is InChI=1S/C12H8O3/c13-12-9-5-2-1-4-8(9)11(15-12)10-6-3-7-14-10/h1-7,11H/t11-/m1/s1. The average molecular weight is 200 g/mol. The molecule has 2 heterocycles. The Hall–Kier alpha value is -2.03. The Kier molecular flexibility index (Phi) is 1.65. The minimum atomic E-state index is -0.385. The lowest BCUT2D eigenvalue weighted by Crippen LogP contribution is -1.98. The minimum Gasteiger partial charge on any atom is -0.465 e. The summed E-state index contributed by atoms with van der Waals surface area (Å²) in [6.07, 6.45) is 1.19. The van der Waals surface area contributed by atoms with Gasteiger partial charge in [-0.25, -0.2) is 4.79 Å². The molecule has 1 aliphatic heterocycles. The van der Waals surface area contributed by atoms with Crippen molar-refractivity contribution >= 4 is 5.97 Å². The van der Waals surface area contributed by atoms with Gasteiger partial charge < -0.3 is 9.15 Å². The Labute approximate surface area is 86.3 Å². The number of carbonyl (C=O) groups excluding carboxylic acids is 1. The fraction of sp³-hybridized carbons (Fsp3) is 0.0833. The van der Waals surface area contributed by atoms with Gasteiger partial charge in [-0.15, -0.1) is 0 Å². The van der Waals surface area contributed by atoms with Crippen LogP contribution in [0.15, 0.2) is 47.1 Å². The molecule has 3 nitrogen and oxygen atoms in total. The van der Waals surface area contributed by atoms with Gasteiger partial charge in [0.1, 0.15) is 5.76 Å². The highest BCUT2D eigenvalue weighted by Crippen LogP contribution is 2.35. The van der Waals surface area contributed by atoms with E-state index in [9.17, 15) is 4.79 Å². The number of fused-ring (bicyclic) bond motifs is 1. The fourth-order valence-electron chi connectivity index (χ4n) is 1.80. The monoisotopic (exact) mass is 200 g/mol. The third-order valence-electron chi connectivity index (χ3n) is 2.49. The van der Waals surface area contributed by atoms with E-state index in [1.54, 1.807) is 24.5 Å². The molecule has 1 atom stereocenters. The first-order valence-corrected chi connectivity index (χ1v) is 4.69. The summed E-state index contributed by atoms with van der Waals surface area (Å²) in [7, 11) is 0. The highest BCUT2D eigenvalue weighted by atomic mass is 16.6. The average Bonchev–Trinajstić information content (AvgIpc) is 2.87. The first kappa shape index (κ1) is 8.29. The van der Waals surface area contributed by atoms with Gasteiger partial charge in [0.2, 0.25) is 0 Å². The van der Waals surface area contributed by atoms with Gasteiger partial charge in [0.05, 0.1) is 11.8 Å². The lowest BCUT2D eigenvalue weighted by atomic mass is 10.0. The number of carbonyl (C=O) groups is 1. The summed E-state index contributed by atoms with van der Waals surface area (Å²) in [6, 6.07) is 10.9. The van der Waals surface area contributed by atoms with Gasteiger partial charge >= 0.3 is 5.97 Å². The van der Waals surface area contributed by atoms with Crippen molar-refractivity contribution in [3.8, 4) is 0 Å². The number of hydrogen-bond donors (Lipinski definition) is 0. The summed E-state index contributed by atoms with van der Waals surface area (Å²) in [5.74, 6) is 0.375. The van der Waals surface area contributed by atoms with E-state index >= 15 is 0 Å². The third-order valence-corrected chi connectivity index (χ3v) is 2.49. The molecule has 0 N–H and O–H groups in total. The van der Waals surface area contributed by atoms with Crippen LogP contribution in [0.3, 0.4) is 0 Å². The van der Waals surface area contributed by atoms with Crippen LogP contribution in [0, 0.1) is 0 Å². The largest absolute Gasteiger partial charge is 0.465 e. The Bertz CT molecular complexity index is 499. The van der Waals surface area contributed by atoms with E-state index in [-0.39, 0.29) is 12.1 Å². The van der Waals surface area contributed by atoms with E-state index in [0.717, 1.165) is 5.56 Å². The zero-order valence-corrected chi connectivity index (χ0v) is 7.84. The predicted octanol–water partition coefficient (Wildman–Crippen LogP) is 2.54. The third kappa shape index (κ3) is 1.16. The molecule has 0 unspecified atom stereocenters. The number of furan rings is 1. The van der Waals surface area contributed by atoms with Gasteiger partial charge in [-0.3, -0.25) is 0 Å². The Balaban J connectivity index is 2.13. The Morgan fingerprint density at radius 1 is 1.07 bits per heavy atom. The van der Waals surface area contributed by atoms with Crippen molar-refractivity contribution < 1.29 is 13.9 Å². The smallest absolute Gasteiger partial charge is 0.339 e. The topological polar surface area (TPSA) is 39.4 Å². The van der Waals surface area contributed by atoms with E-state index in [2.05, 4.69) is 0 Å². The van der Waals surface area contributed by atoms with Crippen molar-refractivity contribution in [2.75, 3.05) is 0 Å². The zero-order chi connectivity index (χ0) is 10.3. The van der Waals surface area contributed by atoms with Crippen molar-refractivity contribution in [3.05, 3.63) is 59.5 Å². The van der Waals surface area contributed by atoms with Crippen LogP contribution in [0.4, 0.5) is 0 Å². The molecular weight excluding hydrogens is 192 g/mol. The number of cyclic esters (lactones) is 1. The molecule has 2 aromatic rings. The van der Waals surface area contributed by atoms with E-state index < -0.39 is 0 Å². The van der Waals surface area contributed by atoms with E-state index in [1.165, 1.54) is 0 Å². The number of esters is 1. The van der Waals surface area contributed by atoms with Crippen molar-refractivity contribution in [3.63, 3.8) is 0 Å². The summed E-state index contributed by atoms with van der Waals surface area (Å²) in [4.78, 5) is 11.5. The van der Waals surface area contributed by atoms with Crippen LogP contribution in [-0.4, -0.2) is 5.97 Å². The van der Waals surface area contributed by atoms with E-state index in [0.29, 0.717) is 11.3 Å². The van der Waals surface area contributed by atoms with Crippen LogP contribution < -0.4 is 0 Å². The van der Waals surface area contributed by atoms with Gasteiger partial charge in [0.25, 0.3) is 0 Å². The Morgan fingerprint density at radius 3 is 2.73 bits per heavy atom. The van der Waals surface area contributed by atoms with Crippen molar-refractivity contribution in [1.29, 1.82) is 0 Å². The normalized spacial score (nSPS) is 18.7. The second-order valence-electron chi connectivity index (χ2n) is 3.39. The molecule has 0 fully saturated rings. The molecule has 0 spiro atoms. The summed E-state index contributed by atoms with van der Waals surface area (Å²) in [5, 5.41) is 0. The molecule has 1 aromatic carbocycles. The SMILES string of the molecule is O=C1O[C@@H](c2ccco2)c2ccccc21. The highest BCUT2D eigenvalue weighted by molar-refractivity contribution is 5.94. The van der Waals surface area contributed by atoms with Gasteiger partial charge in [-0.2, -0.15) is 0 Å².